The fourth-order valence-corrected chi connectivity index (χ4v) is 4.16. The first kappa shape index (κ1) is 22.0. The third-order valence-electron chi connectivity index (χ3n) is 5.01. The molecule has 3 aromatic rings. The van der Waals surface area contributed by atoms with Gasteiger partial charge in [-0.15, -0.1) is 10.2 Å². The molecule has 1 aromatic heterocycles. The average molecular weight is 456 g/mol. The molecule has 2 heterocycles. The maximum absolute atomic E-state index is 13.4. The molecule has 0 bridgehead atoms. The number of thioether (sulfide) groups is 1. The monoisotopic (exact) mass is 455 g/mol. The number of aromatic nitrogens is 3. The van der Waals surface area contributed by atoms with E-state index in [4.69, 9.17) is 10.5 Å². The van der Waals surface area contributed by atoms with Gasteiger partial charge in [0.05, 0.1) is 18.4 Å². The highest BCUT2D eigenvalue weighted by Crippen LogP contribution is 2.27. The molecule has 0 spiro atoms. The summed E-state index contributed by atoms with van der Waals surface area (Å²) in [4.78, 5) is 23.6. The van der Waals surface area contributed by atoms with E-state index in [0.717, 1.165) is 25.0 Å². The number of hydrogen-bond acceptors (Lipinski definition) is 6. The fraction of sp³-hybridized carbons (Fsp3) is 0.273. The van der Waals surface area contributed by atoms with Crippen LogP contribution < -0.4 is 11.1 Å². The zero-order chi connectivity index (χ0) is 22.5. The number of anilines is 1. The van der Waals surface area contributed by atoms with Crippen LogP contribution >= 0.6 is 11.8 Å². The topological polar surface area (TPSA) is 112 Å². The van der Waals surface area contributed by atoms with Crippen molar-refractivity contribution >= 4 is 29.3 Å². The number of halogens is 1. The van der Waals surface area contributed by atoms with E-state index in [-0.39, 0.29) is 23.6 Å². The largest absolute Gasteiger partial charge is 0.376 e. The van der Waals surface area contributed by atoms with Crippen molar-refractivity contribution in [3.05, 3.63) is 59.9 Å². The summed E-state index contributed by atoms with van der Waals surface area (Å²) in [5, 5.41) is 11.9. The Kier molecular flexibility index (Phi) is 6.81. The number of hydrogen-bond donors (Lipinski definition) is 2. The lowest BCUT2D eigenvalue weighted by atomic mass is 10.2. The van der Waals surface area contributed by atoms with Crippen LogP contribution in [-0.4, -0.2) is 45.0 Å². The molecule has 8 nitrogen and oxygen atoms in total. The number of ether oxygens (including phenoxy) is 1. The van der Waals surface area contributed by atoms with Gasteiger partial charge in [0.15, 0.2) is 11.0 Å². The van der Waals surface area contributed by atoms with E-state index < -0.39 is 5.91 Å². The number of amides is 2. The molecule has 1 aliphatic rings. The first-order valence-corrected chi connectivity index (χ1v) is 11.1. The molecule has 2 amide bonds. The molecule has 1 fully saturated rings. The van der Waals surface area contributed by atoms with Crippen molar-refractivity contribution in [1.82, 2.24) is 14.8 Å². The Morgan fingerprint density at radius 1 is 1.16 bits per heavy atom. The summed E-state index contributed by atoms with van der Waals surface area (Å²) >= 11 is 1.26. The highest BCUT2D eigenvalue weighted by atomic mass is 32.2. The van der Waals surface area contributed by atoms with Crippen LogP contribution in [0, 0.1) is 5.82 Å². The van der Waals surface area contributed by atoms with E-state index in [1.165, 1.54) is 23.9 Å². The maximum atomic E-state index is 13.4. The van der Waals surface area contributed by atoms with Gasteiger partial charge in [-0.2, -0.15) is 0 Å². The van der Waals surface area contributed by atoms with Gasteiger partial charge in [-0.25, -0.2) is 4.39 Å². The van der Waals surface area contributed by atoms with E-state index in [9.17, 15) is 14.0 Å². The van der Waals surface area contributed by atoms with Crippen LogP contribution in [0.4, 0.5) is 10.1 Å². The average Bonchev–Trinajstić information content (AvgIpc) is 3.44. The van der Waals surface area contributed by atoms with Crippen molar-refractivity contribution in [3.8, 4) is 11.4 Å². The Balaban J connectivity index is 1.46. The molecule has 0 aliphatic carbocycles. The van der Waals surface area contributed by atoms with Gasteiger partial charge in [0.1, 0.15) is 5.82 Å². The summed E-state index contributed by atoms with van der Waals surface area (Å²) in [6, 6.07) is 12.4. The molecule has 2 aromatic carbocycles. The van der Waals surface area contributed by atoms with E-state index in [1.807, 2.05) is 4.57 Å². The van der Waals surface area contributed by atoms with Crippen molar-refractivity contribution < 1.29 is 18.7 Å². The van der Waals surface area contributed by atoms with Crippen LogP contribution in [0.3, 0.4) is 0 Å². The molecular formula is C22H22FN5O3S. The highest BCUT2D eigenvalue weighted by molar-refractivity contribution is 7.99. The number of benzene rings is 2. The first-order valence-electron chi connectivity index (χ1n) is 10.1. The Morgan fingerprint density at radius 3 is 2.56 bits per heavy atom. The van der Waals surface area contributed by atoms with Gasteiger partial charge in [-0.3, -0.25) is 14.2 Å². The predicted molar refractivity (Wildman–Crippen MR) is 119 cm³/mol. The predicted octanol–water partition coefficient (Wildman–Crippen LogP) is 3.09. The second kappa shape index (κ2) is 9.92. The summed E-state index contributed by atoms with van der Waals surface area (Å²) in [7, 11) is 0. The zero-order valence-corrected chi connectivity index (χ0v) is 18.0. The van der Waals surface area contributed by atoms with Crippen LogP contribution in [0.2, 0.25) is 0 Å². The Bertz CT molecular complexity index is 1100. The zero-order valence-electron chi connectivity index (χ0n) is 17.2. The van der Waals surface area contributed by atoms with Gasteiger partial charge >= 0.3 is 0 Å². The second-order valence-corrected chi connectivity index (χ2v) is 8.28. The van der Waals surface area contributed by atoms with Crippen molar-refractivity contribution in [3.63, 3.8) is 0 Å². The lowest BCUT2D eigenvalue weighted by Gasteiger charge is -2.14. The van der Waals surface area contributed by atoms with Crippen LogP contribution in [0.1, 0.15) is 23.2 Å². The fourth-order valence-electron chi connectivity index (χ4n) is 3.41. The molecule has 1 aliphatic heterocycles. The maximum Gasteiger partial charge on any atom is 0.248 e. The number of carbonyl (C=O) groups excluding carboxylic acids is 2. The molecule has 3 N–H and O–H groups in total. The minimum Gasteiger partial charge on any atom is -0.376 e. The summed E-state index contributed by atoms with van der Waals surface area (Å²) < 4.78 is 21.0. The molecule has 10 heteroatoms. The Morgan fingerprint density at radius 2 is 1.91 bits per heavy atom. The van der Waals surface area contributed by atoms with Crippen molar-refractivity contribution in [2.75, 3.05) is 17.7 Å². The molecule has 0 saturated carbocycles. The molecule has 4 rings (SSSR count). The second-order valence-electron chi connectivity index (χ2n) is 7.34. The summed E-state index contributed by atoms with van der Waals surface area (Å²) in [5.41, 5.74) is 6.90. The lowest BCUT2D eigenvalue weighted by molar-refractivity contribution is -0.113. The van der Waals surface area contributed by atoms with E-state index in [1.54, 1.807) is 36.4 Å². The smallest absolute Gasteiger partial charge is 0.248 e. The van der Waals surface area contributed by atoms with Gasteiger partial charge in [-0.1, -0.05) is 11.8 Å². The van der Waals surface area contributed by atoms with Crippen LogP contribution in [-0.2, 0) is 16.1 Å². The minimum absolute atomic E-state index is 0.0437. The van der Waals surface area contributed by atoms with Gasteiger partial charge in [0.2, 0.25) is 11.8 Å². The van der Waals surface area contributed by atoms with Gasteiger partial charge in [0, 0.05) is 23.4 Å². The van der Waals surface area contributed by atoms with Crippen molar-refractivity contribution in [1.29, 1.82) is 0 Å². The summed E-state index contributed by atoms with van der Waals surface area (Å²) in [5.74, 6) is -0.359. The SMILES string of the molecule is NC(=O)c1ccc(NC(=O)CSc2nnc(-c3ccc(F)cc3)n2C[C@@H]2CCCO2)cc1. The molecule has 1 atom stereocenters. The minimum atomic E-state index is -0.527. The van der Waals surface area contributed by atoms with E-state index in [0.29, 0.717) is 28.8 Å². The van der Waals surface area contributed by atoms with Crippen molar-refractivity contribution in [2.24, 2.45) is 5.73 Å². The number of carbonyl (C=O) groups is 2. The van der Waals surface area contributed by atoms with Crippen molar-refractivity contribution in [2.45, 2.75) is 30.6 Å². The number of nitrogens with one attached hydrogen (secondary N) is 1. The summed E-state index contributed by atoms with van der Waals surface area (Å²) in [6.07, 6.45) is 1.98. The van der Waals surface area contributed by atoms with Crippen LogP contribution in [0.5, 0.6) is 0 Å². The first-order chi connectivity index (χ1) is 15.5. The van der Waals surface area contributed by atoms with E-state index >= 15 is 0 Å². The number of primary amides is 1. The summed E-state index contributed by atoms with van der Waals surface area (Å²) in [6.45, 7) is 1.27. The number of nitrogens with two attached hydrogens (primary N) is 1. The molecule has 32 heavy (non-hydrogen) atoms. The quantitative estimate of drug-likeness (QED) is 0.505. The molecular weight excluding hydrogens is 433 g/mol. The molecule has 0 unspecified atom stereocenters. The van der Waals surface area contributed by atoms with Crippen LogP contribution in [0.15, 0.2) is 53.7 Å². The molecule has 166 valence electrons. The Labute approximate surface area is 188 Å². The lowest BCUT2D eigenvalue weighted by Crippen LogP contribution is -2.18. The standard InChI is InChI=1S/C22H22FN5O3S/c23-16-7-3-15(4-8-16)21-26-27-22(28(21)12-18-2-1-11-31-18)32-13-19(29)25-17-9-5-14(6-10-17)20(24)30/h3-10,18H,1-2,11-13H2,(H2,24,30)(H,25,29)/t18-/m0/s1. The normalized spacial score (nSPS) is 15.6. The Hall–Kier alpha value is -3.24. The van der Waals surface area contributed by atoms with Gasteiger partial charge in [0.25, 0.3) is 0 Å². The number of nitrogens with zero attached hydrogens (tertiary/aromatic N) is 3. The van der Waals surface area contributed by atoms with Crippen LogP contribution in [0.25, 0.3) is 11.4 Å². The number of rotatable bonds is 8. The van der Waals surface area contributed by atoms with Gasteiger partial charge in [-0.05, 0) is 61.4 Å². The third kappa shape index (κ3) is 5.32. The van der Waals surface area contributed by atoms with E-state index in [2.05, 4.69) is 15.5 Å². The van der Waals surface area contributed by atoms with Gasteiger partial charge < -0.3 is 15.8 Å². The molecule has 0 radical (unpaired) electrons. The molecule has 1 saturated heterocycles. The third-order valence-corrected chi connectivity index (χ3v) is 5.98. The highest BCUT2D eigenvalue weighted by Gasteiger charge is 2.22.